The molecule has 0 amide bonds. The van der Waals surface area contributed by atoms with Gasteiger partial charge in [-0.05, 0) is 41.0 Å². The van der Waals surface area contributed by atoms with Crippen LogP contribution in [-0.2, 0) is 6.61 Å². The fraction of sp³-hybridized carbons (Fsp3) is 0.0500. The zero-order chi connectivity index (χ0) is 15.9. The summed E-state index contributed by atoms with van der Waals surface area (Å²) in [5.74, 6) is 1.39. The molecule has 114 valence electrons. The van der Waals surface area contributed by atoms with E-state index in [-0.39, 0.29) is 0 Å². The number of rotatable bonds is 5. The van der Waals surface area contributed by atoms with Crippen molar-refractivity contribution in [2.75, 3.05) is 5.73 Å². The topological polar surface area (TPSA) is 48.1 Å². The summed E-state index contributed by atoms with van der Waals surface area (Å²) in [5.41, 5.74) is 8.96. The lowest BCUT2D eigenvalue weighted by Gasteiger charge is -2.06. The number of nitrogens with zero attached hydrogens (tertiary/aromatic N) is 1. The van der Waals surface area contributed by atoms with Crippen LogP contribution in [0.3, 0.4) is 0 Å². The van der Waals surface area contributed by atoms with E-state index in [1.807, 2.05) is 66.7 Å². The van der Waals surface area contributed by atoms with Gasteiger partial charge in [0, 0.05) is 6.20 Å². The Balaban J connectivity index is 1.61. The molecular formula is C20H18N2O. The number of anilines is 1. The fourth-order valence-electron chi connectivity index (χ4n) is 2.18. The van der Waals surface area contributed by atoms with Crippen molar-refractivity contribution in [3.05, 3.63) is 89.6 Å². The third-order valence-corrected chi connectivity index (χ3v) is 3.40. The molecule has 0 unspecified atom stereocenters. The van der Waals surface area contributed by atoms with Crippen molar-refractivity contribution in [1.82, 2.24) is 4.98 Å². The molecular weight excluding hydrogens is 284 g/mol. The molecule has 3 rings (SSSR count). The number of aromatic nitrogens is 1. The molecule has 1 heterocycles. The monoisotopic (exact) mass is 302 g/mol. The first kappa shape index (κ1) is 14.9. The molecule has 0 saturated heterocycles. The molecule has 0 fully saturated rings. The highest BCUT2D eigenvalue weighted by molar-refractivity contribution is 5.70. The quantitative estimate of drug-likeness (QED) is 0.759. The molecule has 0 bridgehead atoms. The third-order valence-electron chi connectivity index (χ3n) is 3.40. The second-order valence-electron chi connectivity index (χ2n) is 5.19. The average molecular weight is 302 g/mol. The molecule has 3 aromatic rings. The van der Waals surface area contributed by atoms with Gasteiger partial charge >= 0.3 is 0 Å². The van der Waals surface area contributed by atoms with Crippen LogP contribution in [0.5, 0.6) is 5.75 Å². The van der Waals surface area contributed by atoms with E-state index in [1.165, 1.54) is 0 Å². The highest BCUT2D eigenvalue weighted by atomic mass is 16.5. The van der Waals surface area contributed by atoms with Crippen LogP contribution in [0.1, 0.15) is 16.7 Å². The summed E-state index contributed by atoms with van der Waals surface area (Å²) in [6.07, 6.45) is 5.75. The molecule has 0 aliphatic rings. The molecule has 2 aromatic carbocycles. The van der Waals surface area contributed by atoms with Crippen molar-refractivity contribution < 1.29 is 4.74 Å². The summed E-state index contributed by atoms with van der Waals surface area (Å²) in [7, 11) is 0. The standard InChI is InChI=1S/C20H18N2O/c21-20-14-17(12-13-22-20)7-6-16-8-10-19(11-9-16)23-15-18-4-2-1-3-5-18/h1-14H,15H2,(H2,21,22)/b7-6+. The van der Waals surface area contributed by atoms with Gasteiger partial charge in [0.15, 0.2) is 0 Å². The van der Waals surface area contributed by atoms with E-state index in [1.54, 1.807) is 6.20 Å². The fourth-order valence-corrected chi connectivity index (χ4v) is 2.18. The summed E-state index contributed by atoms with van der Waals surface area (Å²) >= 11 is 0. The van der Waals surface area contributed by atoms with Crippen LogP contribution in [0, 0.1) is 0 Å². The normalized spacial score (nSPS) is 10.8. The maximum Gasteiger partial charge on any atom is 0.123 e. The van der Waals surface area contributed by atoms with Crippen molar-refractivity contribution in [2.45, 2.75) is 6.61 Å². The van der Waals surface area contributed by atoms with Gasteiger partial charge in [-0.3, -0.25) is 0 Å². The average Bonchev–Trinajstić information content (AvgIpc) is 2.60. The number of nitrogen functional groups attached to an aromatic ring is 1. The van der Waals surface area contributed by atoms with Crippen LogP contribution in [0.4, 0.5) is 5.82 Å². The zero-order valence-corrected chi connectivity index (χ0v) is 12.7. The second kappa shape index (κ2) is 7.27. The minimum atomic E-state index is 0.525. The van der Waals surface area contributed by atoms with Crippen molar-refractivity contribution >= 4 is 18.0 Å². The van der Waals surface area contributed by atoms with Gasteiger partial charge in [-0.2, -0.15) is 0 Å². The number of ether oxygens (including phenoxy) is 1. The molecule has 0 saturated carbocycles. The number of hydrogen-bond acceptors (Lipinski definition) is 3. The van der Waals surface area contributed by atoms with E-state index < -0.39 is 0 Å². The first-order chi connectivity index (χ1) is 11.3. The van der Waals surface area contributed by atoms with Gasteiger partial charge in [0.2, 0.25) is 0 Å². The van der Waals surface area contributed by atoms with Gasteiger partial charge in [0.05, 0.1) is 0 Å². The number of nitrogens with two attached hydrogens (primary N) is 1. The summed E-state index contributed by atoms with van der Waals surface area (Å²) in [6, 6.07) is 21.9. The molecule has 0 spiro atoms. The summed E-state index contributed by atoms with van der Waals surface area (Å²) in [5, 5.41) is 0. The molecule has 0 atom stereocenters. The predicted octanol–water partition coefficient (Wildman–Crippen LogP) is 4.41. The van der Waals surface area contributed by atoms with Crippen molar-refractivity contribution in [3.8, 4) is 5.75 Å². The minimum absolute atomic E-state index is 0.525. The largest absolute Gasteiger partial charge is 0.489 e. The van der Waals surface area contributed by atoms with Crippen molar-refractivity contribution in [1.29, 1.82) is 0 Å². The molecule has 1 aromatic heterocycles. The lowest BCUT2D eigenvalue weighted by molar-refractivity contribution is 0.306. The zero-order valence-electron chi connectivity index (χ0n) is 12.7. The van der Waals surface area contributed by atoms with E-state index in [2.05, 4.69) is 17.1 Å². The highest BCUT2D eigenvalue weighted by Gasteiger charge is 1.96. The van der Waals surface area contributed by atoms with E-state index in [9.17, 15) is 0 Å². The molecule has 0 aliphatic heterocycles. The molecule has 0 aliphatic carbocycles. The third kappa shape index (κ3) is 4.45. The SMILES string of the molecule is Nc1cc(/C=C/c2ccc(OCc3ccccc3)cc2)ccn1. The van der Waals surface area contributed by atoms with Crippen LogP contribution in [0.25, 0.3) is 12.2 Å². The maximum atomic E-state index is 5.78. The Morgan fingerprint density at radius 2 is 1.61 bits per heavy atom. The van der Waals surface area contributed by atoms with Gasteiger partial charge in [-0.1, -0.05) is 54.6 Å². The Bertz CT molecular complexity index is 780. The van der Waals surface area contributed by atoms with Gasteiger partial charge in [-0.25, -0.2) is 4.98 Å². The molecule has 2 N–H and O–H groups in total. The first-order valence-corrected chi connectivity index (χ1v) is 7.46. The summed E-state index contributed by atoms with van der Waals surface area (Å²) < 4.78 is 5.78. The van der Waals surface area contributed by atoms with E-state index >= 15 is 0 Å². The van der Waals surface area contributed by atoms with Gasteiger partial charge in [0.25, 0.3) is 0 Å². The van der Waals surface area contributed by atoms with Gasteiger partial charge in [-0.15, -0.1) is 0 Å². The Kier molecular flexibility index (Phi) is 4.69. The smallest absolute Gasteiger partial charge is 0.123 e. The van der Waals surface area contributed by atoms with E-state index in [0.29, 0.717) is 12.4 Å². The molecule has 23 heavy (non-hydrogen) atoms. The van der Waals surface area contributed by atoms with E-state index in [4.69, 9.17) is 10.5 Å². The summed E-state index contributed by atoms with van der Waals surface area (Å²) in [4.78, 5) is 3.98. The first-order valence-electron chi connectivity index (χ1n) is 7.46. The number of hydrogen-bond donors (Lipinski definition) is 1. The van der Waals surface area contributed by atoms with Gasteiger partial charge < -0.3 is 10.5 Å². The predicted molar refractivity (Wildman–Crippen MR) is 94.8 cm³/mol. The number of benzene rings is 2. The maximum absolute atomic E-state index is 5.78. The van der Waals surface area contributed by atoms with Crippen LogP contribution < -0.4 is 10.5 Å². The van der Waals surface area contributed by atoms with Crippen LogP contribution in [-0.4, -0.2) is 4.98 Å². The minimum Gasteiger partial charge on any atom is -0.489 e. The lowest BCUT2D eigenvalue weighted by atomic mass is 10.1. The molecule has 3 heteroatoms. The highest BCUT2D eigenvalue weighted by Crippen LogP contribution is 2.16. The Morgan fingerprint density at radius 1 is 0.870 bits per heavy atom. The Morgan fingerprint density at radius 3 is 2.35 bits per heavy atom. The van der Waals surface area contributed by atoms with Crippen LogP contribution in [0.2, 0.25) is 0 Å². The van der Waals surface area contributed by atoms with Crippen LogP contribution >= 0.6 is 0 Å². The molecule has 0 radical (unpaired) electrons. The lowest BCUT2D eigenvalue weighted by Crippen LogP contribution is -1.94. The second-order valence-corrected chi connectivity index (χ2v) is 5.19. The number of pyridine rings is 1. The van der Waals surface area contributed by atoms with Crippen molar-refractivity contribution in [3.63, 3.8) is 0 Å². The molecule has 3 nitrogen and oxygen atoms in total. The Hall–Kier alpha value is -3.07. The summed E-state index contributed by atoms with van der Waals surface area (Å²) in [6.45, 7) is 0.576. The Labute approximate surface area is 136 Å². The van der Waals surface area contributed by atoms with Crippen LogP contribution in [0.15, 0.2) is 72.9 Å². The van der Waals surface area contributed by atoms with E-state index in [0.717, 1.165) is 22.4 Å². The van der Waals surface area contributed by atoms with Gasteiger partial charge in [0.1, 0.15) is 18.2 Å². The van der Waals surface area contributed by atoms with Crippen molar-refractivity contribution in [2.24, 2.45) is 0 Å².